The molecule has 4 aromatic rings. The van der Waals surface area contributed by atoms with Gasteiger partial charge < -0.3 is 9.80 Å². The third-order valence-electron chi connectivity index (χ3n) is 5.71. The summed E-state index contributed by atoms with van der Waals surface area (Å²) in [7, 11) is 0. The molecule has 0 saturated carbocycles. The van der Waals surface area contributed by atoms with Crippen molar-refractivity contribution >= 4 is 28.5 Å². The number of nitrogens with zero attached hydrogens (tertiary/aromatic N) is 5. The number of thiazole rings is 1. The lowest BCUT2D eigenvalue weighted by atomic mass is 10.1. The number of para-hydroxylation sites is 1. The average molecular weight is 456 g/mol. The van der Waals surface area contributed by atoms with Crippen molar-refractivity contribution in [1.82, 2.24) is 19.7 Å². The molecule has 0 spiro atoms. The summed E-state index contributed by atoms with van der Waals surface area (Å²) in [5.74, 6) is 0.0301. The molecular weight excluding hydrogens is 430 g/mol. The molecular formula is C26H25N5OS. The van der Waals surface area contributed by atoms with E-state index in [-0.39, 0.29) is 5.91 Å². The SMILES string of the molecule is O=C(/C=C/c1cn(-c2ccccc2)nc1-c1ccccc1)N1CCCN(c2nccs2)CC1. The van der Waals surface area contributed by atoms with Crippen LogP contribution in [0.3, 0.4) is 0 Å². The molecule has 33 heavy (non-hydrogen) atoms. The van der Waals surface area contributed by atoms with Crippen LogP contribution in [0.1, 0.15) is 12.0 Å². The molecule has 1 amide bonds. The summed E-state index contributed by atoms with van der Waals surface area (Å²) in [6, 6.07) is 20.1. The van der Waals surface area contributed by atoms with E-state index in [4.69, 9.17) is 5.10 Å². The molecule has 6 nitrogen and oxygen atoms in total. The average Bonchev–Trinajstić information content (AvgIpc) is 3.49. The van der Waals surface area contributed by atoms with Crippen LogP contribution in [-0.4, -0.2) is 51.8 Å². The molecule has 1 saturated heterocycles. The second-order valence-corrected chi connectivity index (χ2v) is 8.77. The predicted molar refractivity (Wildman–Crippen MR) is 134 cm³/mol. The van der Waals surface area contributed by atoms with Gasteiger partial charge in [-0.2, -0.15) is 5.10 Å². The van der Waals surface area contributed by atoms with Crippen LogP contribution in [0.5, 0.6) is 0 Å². The van der Waals surface area contributed by atoms with E-state index >= 15 is 0 Å². The highest BCUT2D eigenvalue weighted by atomic mass is 32.1. The summed E-state index contributed by atoms with van der Waals surface area (Å²) >= 11 is 1.64. The van der Waals surface area contributed by atoms with Crippen LogP contribution in [0.25, 0.3) is 23.0 Å². The molecule has 5 rings (SSSR count). The molecule has 1 fully saturated rings. The van der Waals surface area contributed by atoms with E-state index in [1.807, 2.05) is 94.1 Å². The Balaban J connectivity index is 1.36. The van der Waals surface area contributed by atoms with Gasteiger partial charge in [-0.05, 0) is 24.6 Å². The summed E-state index contributed by atoms with van der Waals surface area (Å²) < 4.78 is 1.87. The largest absolute Gasteiger partial charge is 0.346 e. The molecule has 2 aromatic carbocycles. The fourth-order valence-corrected chi connectivity index (χ4v) is 4.71. The molecule has 0 N–H and O–H groups in total. The molecule has 166 valence electrons. The Morgan fingerprint density at radius 1 is 0.939 bits per heavy atom. The van der Waals surface area contributed by atoms with Crippen LogP contribution in [0.4, 0.5) is 5.13 Å². The first-order chi connectivity index (χ1) is 16.3. The Morgan fingerprint density at radius 3 is 2.48 bits per heavy atom. The monoisotopic (exact) mass is 455 g/mol. The number of carbonyl (C=O) groups excluding carboxylic acids is 1. The minimum atomic E-state index is 0.0301. The minimum absolute atomic E-state index is 0.0301. The number of rotatable bonds is 5. The van der Waals surface area contributed by atoms with Crippen LogP contribution >= 0.6 is 11.3 Å². The zero-order valence-corrected chi connectivity index (χ0v) is 19.1. The maximum absolute atomic E-state index is 13.0. The number of hydrogen-bond donors (Lipinski definition) is 0. The first-order valence-corrected chi connectivity index (χ1v) is 12.0. The van der Waals surface area contributed by atoms with E-state index < -0.39 is 0 Å². The van der Waals surface area contributed by atoms with Gasteiger partial charge in [-0.1, -0.05) is 48.5 Å². The fourth-order valence-electron chi connectivity index (χ4n) is 4.01. The summed E-state index contributed by atoms with van der Waals surface area (Å²) in [5, 5.41) is 7.84. The lowest BCUT2D eigenvalue weighted by Crippen LogP contribution is -2.34. The first kappa shape index (κ1) is 21.2. The van der Waals surface area contributed by atoms with Gasteiger partial charge in [0.05, 0.1) is 11.4 Å². The number of carbonyl (C=O) groups is 1. The van der Waals surface area contributed by atoms with Gasteiger partial charge in [0.25, 0.3) is 0 Å². The molecule has 2 aromatic heterocycles. The molecule has 1 aliphatic heterocycles. The molecule has 3 heterocycles. The van der Waals surface area contributed by atoms with Crippen LogP contribution in [0.15, 0.2) is 84.5 Å². The lowest BCUT2D eigenvalue weighted by molar-refractivity contribution is -0.125. The molecule has 0 radical (unpaired) electrons. The van der Waals surface area contributed by atoms with E-state index in [1.165, 1.54) is 0 Å². The van der Waals surface area contributed by atoms with Crippen LogP contribution in [0, 0.1) is 0 Å². The second kappa shape index (κ2) is 9.83. The summed E-state index contributed by atoms with van der Waals surface area (Å²) in [6.45, 7) is 3.16. The van der Waals surface area contributed by atoms with Crippen molar-refractivity contribution in [2.24, 2.45) is 0 Å². The summed E-state index contributed by atoms with van der Waals surface area (Å²) in [6.07, 6.45) is 8.31. The third kappa shape index (κ3) is 4.88. The number of hydrogen-bond acceptors (Lipinski definition) is 5. The Bertz CT molecular complexity index is 1220. The van der Waals surface area contributed by atoms with Gasteiger partial charge in [-0.15, -0.1) is 11.3 Å². The Labute approximate surface area is 197 Å². The van der Waals surface area contributed by atoms with Crippen molar-refractivity contribution in [2.45, 2.75) is 6.42 Å². The van der Waals surface area contributed by atoms with Gasteiger partial charge in [-0.3, -0.25) is 4.79 Å². The highest BCUT2D eigenvalue weighted by Gasteiger charge is 2.19. The zero-order valence-electron chi connectivity index (χ0n) is 18.2. The highest BCUT2D eigenvalue weighted by Crippen LogP contribution is 2.25. The van der Waals surface area contributed by atoms with Crippen molar-refractivity contribution in [1.29, 1.82) is 0 Å². The van der Waals surface area contributed by atoms with Crippen molar-refractivity contribution in [3.05, 3.63) is 90.1 Å². The standard InChI is InChI=1S/C26H25N5OS/c32-24(29-15-7-16-30(18-17-29)26-27-14-19-33-26)13-12-22-20-31(23-10-5-2-6-11-23)28-25(22)21-8-3-1-4-9-21/h1-6,8-14,19-20H,7,15-18H2/b13-12+. The number of amides is 1. The third-order valence-corrected chi connectivity index (χ3v) is 6.55. The normalized spacial score (nSPS) is 14.5. The van der Waals surface area contributed by atoms with Gasteiger partial charge in [0, 0.05) is 61.2 Å². The zero-order chi connectivity index (χ0) is 22.5. The van der Waals surface area contributed by atoms with Gasteiger partial charge >= 0.3 is 0 Å². The Morgan fingerprint density at radius 2 is 1.73 bits per heavy atom. The summed E-state index contributed by atoms with van der Waals surface area (Å²) in [5.41, 5.74) is 3.77. The van der Waals surface area contributed by atoms with Crippen LogP contribution in [-0.2, 0) is 4.79 Å². The summed E-state index contributed by atoms with van der Waals surface area (Å²) in [4.78, 5) is 21.6. The highest BCUT2D eigenvalue weighted by molar-refractivity contribution is 7.13. The van der Waals surface area contributed by atoms with Crippen molar-refractivity contribution < 1.29 is 4.79 Å². The van der Waals surface area contributed by atoms with Crippen molar-refractivity contribution in [3.63, 3.8) is 0 Å². The van der Waals surface area contributed by atoms with E-state index in [0.29, 0.717) is 6.54 Å². The lowest BCUT2D eigenvalue weighted by Gasteiger charge is -2.20. The second-order valence-electron chi connectivity index (χ2n) is 7.89. The van der Waals surface area contributed by atoms with E-state index in [0.717, 1.165) is 53.7 Å². The molecule has 0 atom stereocenters. The van der Waals surface area contributed by atoms with Gasteiger partial charge in [0.2, 0.25) is 5.91 Å². The Kier molecular flexibility index (Phi) is 6.30. The molecule has 1 aliphatic rings. The fraction of sp³-hybridized carbons (Fsp3) is 0.192. The molecule has 0 aliphatic carbocycles. The topological polar surface area (TPSA) is 54.3 Å². The smallest absolute Gasteiger partial charge is 0.246 e. The van der Waals surface area contributed by atoms with Gasteiger partial charge in [0.1, 0.15) is 0 Å². The Hall–Kier alpha value is -3.71. The quantitative estimate of drug-likeness (QED) is 0.408. The van der Waals surface area contributed by atoms with E-state index in [1.54, 1.807) is 17.4 Å². The molecule has 0 bridgehead atoms. The van der Waals surface area contributed by atoms with Gasteiger partial charge in [-0.25, -0.2) is 9.67 Å². The van der Waals surface area contributed by atoms with E-state index in [2.05, 4.69) is 9.88 Å². The number of aromatic nitrogens is 3. The molecule has 7 heteroatoms. The van der Waals surface area contributed by atoms with E-state index in [9.17, 15) is 4.79 Å². The van der Waals surface area contributed by atoms with Gasteiger partial charge in [0.15, 0.2) is 5.13 Å². The van der Waals surface area contributed by atoms with Crippen molar-refractivity contribution in [3.8, 4) is 16.9 Å². The van der Waals surface area contributed by atoms with Crippen LogP contribution in [0.2, 0.25) is 0 Å². The number of anilines is 1. The van der Waals surface area contributed by atoms with Crippen LogP contribution < -0.4 is 4.90 Å². The predicted octanol–water partition coefficient (Wildman–Crippen LogP) is 4.75. The number of benzene rings is 2. The van der Waals surface area contributed by atoms with Crippen molar-refractivity contribution in [2.75, 3.05) is 31.1 Å². The molecule has 0 unspecified atom stereocenters. The maximum Gasteiger partial charge on any atom is 0.246 e. The minimum Gasteiger partial charge on any atom is -0.346 e. The first-order valence-electron chi connectivity index (χ1n) is 11.1. The maximum atomic E-state index is 13.0.